The lowest BCUT2D eigenvalue weighted by Crippen LogP contribution is -2.29. The number of carbonyl (C=O) groups excluding carboxylic acids is 1. The largest absolute Gasteiger partial charge is 0.506 e. The number of aromatic hydroxyl groups is 1. The van der Waals surface area contributed by atoms with Gasteiger partial charge in [-0.25, -0.2) is 0 Å². The van der Waals surface area contributed by atoms with Crippen molar-refractivity contribution in [1.29, 1.82) is 0 Å². The Hall–Kier alpha value is -2.38. The second-order valence-corrected chi connectivity index (χ2v) is 7.81. The van der Waals surface area contributed by atoms with Gasteiger partial charge in [0.05, 0.1) is 5.69 Å². The van der Waals surface area contributed by atoms with Crippen LogP contribution in [0.3, 0.4) is 0 Å². The van der Waals surface area contributed by atoms with Gasteiger partial charge in [0, 0.05) is 24.6 Å². The van der Waals surface area contributed by atoms with E-state index in [1.165, 1.54) is 6.07 Å². The first-order valence-corrected chi connectivity index (χ1v) is 9.51. The molecule has 1 atom stereocenters. The summed E-state index contributed by atoms with van der Waals surface area (Å²) in [6, 6.07) is 13.9. The van der Waals surface area contributed by atoms with E-state index in [0.29, 0.717) is 18.5 Å². The molecule has 0 saturated carbocycles. The molecule has 0 spiro atoms. The minimum absolute atomic E-state index is 0.0375. The number of benzene rings is 2. The molecule has 25 heavy (non-hydrogen) atoms. The summed E-state index contributed by atoms with van der Waals surface area (Å²) in [5.41, 5.74) is 1.68. The van der Waals surface area contributed by atoms with Gasteiger partial charge in [-0.2, -0.15) is 13.1 Å². The molecule has 132 valence electrons. The van der Waals surface area contributed by atoms with Gasteiger partial charge in [0.15, 0.2) is 5.78 Å². The smallest absolute Gasteiger partial charge is 0.301 e. The van der Waals surface area contributed by atoms with E-state index < -0.39 is 10.2 Å². The second-order valence-electron chi connectivity index (χ2n) is 6.13. The van der Waals surface area contributed by atoms with Crippen LogP contribution in [0.5, 0.6) is 5.75 Å². The average molecular weight is 360 g/mol. The highest BCUT2D eigenvalue weighted by Gasteiger charge is 2.29. The van der Waals surface area contributed by atoms with Crippen molar-refractivity contribution >= 4 is 21.7 Å². The van der Waals surface area contributed by atoms with E-state index >= 15 is 0 Å². The molecule has 0 aromatic heterocycles. The van der Waals surface area contributed by atoms with E-state index in [9.17, 15) is 18.3 Å². The highest BCUT2D eigenvalue weighted by molar-refractivity contribution is 7.91. The van der Waals surface area contributed by atoms with E-state index in [1.807, 2.05) is 25.1 Å². The van der Waals surface area contributed by atoms with E-state index in [2.05, 4.69) is 4.72 Å². The topological polar surface area (TPSA) is 86.7 Å². The molecule has 0 aliphatic carbocycles. The Bertz CT molecular complexity index is 881. The zero-order valence-electron chi connectivity index (χ0n) is 13.8. The molecule has 0 bridgehead atoms. The minimum atomic E-state index is -3.58. The van der Waals surface area contributed by atoms with Crippen molar-refractivity contribution in [1.82, 2.24) is 4.72 Å². The average Bonchev–Trinajstić information content (AvgIpc) is 2.94. The number of nitrogens with zero attached hydrogens (tertiary/aromatic N) is 1. The fraction of sp³-hybridized carbons (Fsp3) is 0.278. The monoisotopic (exact) mass is 360 g/mol. The van der Waals surface area contributed by atoms with Crippen molar-refractivity contribution in [2.75, 3.05) is 17.4 Å². The normalized spacial score (nSPS) is 17.4. The van der Waals surface area contributed by atoms with Crippen molar-refractivity contribution in [2.24, 2.45) is 5.92 Å². The number of ketones is 1. The molecule has 1 unspecified atom stereocenters. The molecule has 0 amide bonds. The first-order valence-electron chi connectivity index (χ1n) is 8.07. The van der Waals surface area contributed by atoms with Gasteiger partial charge in [-0.05, 0) is 24.1 Å². The van der Waals surface area contributed by atoms with Crippen LogP contribution in [0.2, 0.25) is 0 Å². The Morgan fingerprint density at radius 1 is 1.24 bits per heavy atom. The molecule has 2 aromatic rings. The molecule has 1 aliphatic rings. The zero-order chi connectivity index (χ0) is 18.0. The third kappa shape index (κ3) is 3.67. The molecular formula is C18H20N2O4S. The zero-order valence-corrected chi connectivity index (χ0v) is 14.7. The number of hydrogen-bond donors (Lipinski definition) is 2. The first-order chi connectivity index (χ1) is 11.9. The van der Waals surface area contributed by atoms with Crippen LogP contribution < -0.4 is 9.03 Å². The summed E-state index contributed by atoms with van der Waals surface area (Å²) in [6.45, 7) is 2.43. The maximum Gasteiger partial charge on any atom is 0.301 e. The number of carbonyl (C=O) groups is 1. The van der Waals surface area contributed by atoms with Gasteiger partial charge in [-0.1, -0.05) is 43.3 Å². The van der Waals surface area contributed by atoms with E-state index in [1.54, 1.807) is 24.3 Å². The molecule has 1 heterocycles. The van der Waals surface area contributed by atoms with Crippen LogP contribution in [0.25, 0.3) is 0 Å². The lowest BCUT2D eigenvalue weighted by Gasteiger charge is -2.18. The summed E-state index contributed by atoms with van der Waals surface area (Å²) in [5.74, 6) is -0.315. The lowest BCUT2D eigenvalue weighted by molar-refractivity contribution is 0.0929. The lowest BCUT2D eigenvalue weighted by atomic mass is 9.93. The Morgan fingerprint density at radius 2 is 1.96 bits per heavy atom. The summed E-state index contributed by atoms with van der Waals surface area (Å²) >= 11 is 0. The summed E-state index contributed by atoms with van der Waals surface area (Å²) in [6.07, 6.45) is 0.465. The molecule has 2 N–H and O–H groups in total. The number of anilines is 1. The Kier molecular flexibility index (Phi) is 4.78. The van der Waals surface area contributed by atoms with Crippen LogP contribution >= 0.6 is 0 Å². The molecule has 1 saturated heterocycles. The highest BCUT2D eigenvalue weighted by atomic mass is 32.2. The SMILES string of the molecule is CC(Cc1ccc(N2CCNS2(=O)=O)c(O)c1)C(=O)c1ccccc1. The fourth-order valence-electron chi connectivity index (χ4n) is 2.96. The quantitative estimate of drug-likeness (QED) is 0.800. The molecule has 6 nitrogen and oxygen atoms in total. The van der Waals surface area contributed by atoms with Gasteiger partial charge in [0.2, 0.25) is 0 Å². The molecular weight excluding hydrogens is 340 g/mol. The standard InChI is InChI=1S/C18H20N2O4S/c1-13(18(22)15-5-3-2-4-6-15)11-14-7-8-16(17(21)12-14)20-10-9-19-25(20,23)24/h2-8,12-13,19,21H,9-11H2,1H3. The highest BCUT2D eigenvalue weighted by Crippen LogP contribution is 2.31. The summed E-state index contributed by atoms with van der Waals surface area (Å²) < 4.78 is 27.3. The number of Topliss-reactive ketones (excluding diaryl/α,β-unsaturated/α-hetero) is 1. The molecule has 1 aliphatic heterocycles. The second kappa shape index (κ2) is 6.85. The van der Waals surface area contributed by atoms with E-state index in [0.717, 1.165) is 9.87 Å². The maximum atomic E-state index is 12.4. The Morgan fingerprint density at radius 3 is 2.56 bits per heavy atom. The van der Waals surface area contributed by atoms with Crippen molar-refractivity contribution in [2.45, 2.75) is 13.3 Å². The van der Waals surface area contributed by atoms with Crippen LogP contribution in [0.4, 0.5) is 5.69 Å². The molecule has 0 radical (unpaired) electrons. The van der Waals surface area contributed by atoms with Gasteiger partial charge in [0.1, 0.15) is 5.75 Å². The third-order valence-electron chi connectivity index (χ3n) is 4.25. The van der Waals surface area contributed by atoms with Crippen molar-refractivity contribution in [3.8, 4) is 5.75 Å². The predicted molar refractivity (Wildman–Crippen MR) is 96.0 cm³/mol. The third-order valence-corrected chi connectivity index (χ3v) is 5.77. The molecule has 7 heteroatoms. The fourth-order valence-corrected chi connectivity index (χ4v) is 4.21. The summed E-state index contributed by atoms with van der Waals surface area (Å²) in [4.78, 5) is 12.4. The maximum absolute atomic E-state index is 12.4. The number of hydrogen-bond acceptors (Lipinski definition) is 4. The van der Waals surface area contributed by atoms with Gasteiger partial charge < -0.3 is 5.11 Å². The van der Waals surface area contributed by atoms with Gasteiger partial charge >= 0.3 is 10.2 Å². The van der Waals surface area contributed by atoms with Crippen LogP contribution in [0.1, 0.15) is 22.8 Å². The Balaban J connectivity index is 1.76. The van der Waals surface area contributed by atoms with Crippen molar-refractivity contribution in [3.63, 3.8) is 0 Å². The van der Waals surface area contributed by atoms with Gasteiger partial charge in [-0.3, -0.25) is 9.10 Å². The van der Waals surface area contributed by atoms with Crippen LogP contribution in [-0.2, 0) is 16.6 Å². The number of nitrogens with one attached hydrogen (secondary N) is 1. The number of phenols is 1. The summed E-state index contributed by atoms with van der Waals surface area (Å²) in [5, 5.41) is 10.2. The molecule has 1 fully saturated rings. The van der Waals surface area contributed by atoms with Crippen LogP contribution in [-0.4, -0.2) is 32.4 Å². The minimum Gasteiger partial charge on any atom is -0.506 e. The Labute approximate surface area is 147 Å². The van der Waals surface area contributed by atoms with Gasteiger partial charge in [0.25, 0.3) is 0 Å². The predicted octanol–water partition coefficient (Wildman–Crippen LogP) is 2.11. The number of phenolic OH excluding ortho intramolecular Hbond substituents is 1. The van der Waals surface area contributed by atoms with E-state index in [-0.39, 0.29) is 29.7 Å². The number of rotatable bonds is 5. The van der Waals surface area contributed by atoms with Gasteiger partial charge in [-0.15, -0.1) is 0 Å². The molecule has 3 rings (SSSR count). The van der Waals surface area contributed by atoms with E-state index in [4.69, 9.17) is 0 Å². The van der Waals surface area contributed by atoms with Crippen LogP contribution in [0, 0.1) is 5.92 Å². The van der Waals surface area contributed by atoms with Crippen molar-refractivity contribution in [3.05, 3.63) is 59.7 Å². The van der Waals surface area contributed by atoms with Crippen LogP contribution in [0.15, 0.2) is 48.5 Å². The first kappa shape index (κ1) is 17.4. The summed E-state index contributed by atoms with van der Waals surface area (Å²) in [7, 11) is -3.58. The molecule has 2 aromatic carbocycles. The van der Waals surface area contributed by atoms with Crippen molar-refractivity contribution < 1.29 is 18.3 Å².